The van der Waals surface area contributed by atoms with E-state index in [1.54, 1.807) is 0 Å². The number of hydrogen-bond donors (Lipinski definition) is 4. The maximum absolute atomic E-state index is 9.82. The van der Waals surface area contributed by atoms with Gasteiger partial charge in [0.05, 0.1) is 12.2 Å². The van der Waals surface area contributed by atoms with Gasteiger partial charge in [0.2, 0.25) is 0 Å². The van der Waals surface area contributed by atoms with Gasteiger partial charge in [0, 0.05) is 17.8 Å². The molecule has 0 aromatic rings. The number of aliphatic hydroxyl groups excluding tert-OH is 3. The van der Waals surface area contributed by atoms with Gasteiger partial charge in [-0.3, -0.25) is 0 Å². The summed E-state index contributed by atoms with van der Waals surface area (Å²) in [5.74, 6) is 1.02. The highest BCUT2D eigenvalue weighted by Gasteiger charge is 2.35. The number of piperidine rings is 1. The SMILES string of the molecule is Cl.O[C@@H]1[C@@H](O)[C@@H](CCSC2CCCC2)NC[C@H]1O. The van der Waals surface area contributed by atoms with Gasteiger partial charge < -0.3 is 20.6 Å². The van der Waals surface area contributed by atoms with Crippen LogP contribution in [0.4, 0.5) is 0 Å². The van der Waals surface area contributed by atoms with E-state index in [1.165, 1.54) is 25.7 Å². The van der Waals surface area contributed by atoms with E-state index in [9.17, 15) is 15.3 Å². The van der Waals surface area contributed by atoms with Crippen LogP contribution in [-0.2, 0) is 0 Å². The van der Waals surface area contributed by atoms with E-state index < -0.39 is 18.3 Å². The van der Waals surface area contributed by atoms with Crippen LogP contribution in [0.1, 0.15) is 32.1 Å². The fourth-order valence-electron chi connectivity index (χ4n) is 2.67. The van der Waals surface area contributed by atoms with Crippen LogP contribution in [0.3, 0.4) is 0 Å². The maximum atomic E-state index is 9.82. The normalized spacial score (nSPS) is 37.5. The minimum atomic E-state index is -1.00. The molecule has 4 N–H and O–H groups in total. The molecule has 108 valence electrons. The van der Waals surface area contributed by atoms with Crippen molar-refractivity contribution in [2.75, 3.05) is 12.3 Å². The Morgan fingerprint density at radius 1 is 1.06 bits per heavy atom. The molecule has 18 heavy (non-hydrogen) atoms. The van der Waals surface area contributed by atoms with Crippen LogP contribution in [0.2, 0.25) is 0 Å². The summed E-state index contributed by atoms with van der Waals surface area (Å²) in [6, 6.07) is -0.0812. The first-order valence-corrected chi connectivity index (χ1v) is 7.62. The van der Waals surface area contributed by atoms with Gasteiger partial charge in [0.25, 0.3) is 0 Å². The van der Waals surface area contributed by atoms with Gasteiger partial charge in [-0.1, -0.05) is 12.8 Å². The van der Waals surface area contributed by atoms with Crippen LogP contribution in [-0.4, -0.2) is 57.2 Å². The van der Waals surface area contributed by atoms with Crippen LogP contribution in [0, 0.1) is 0 Å². The van der Waals surface area contributed by atoms with Gasteiger partial charge in [-0.25, -0.2) is 0 Å². The lowest BCUT2D eigenvalue weighted by molar-refractivity contribution is -0.0941. The third-order valence-corrected chi connectivity index (χ3v) is 5.24. The van der Waals surface area contributed by atoms with Crippen molar-refractivity contribution in [2.45, 2.75) is 61.7 Å². The Hall–Kier alpha value is 0.480. The molecule has 4 nitrogen and oxygen atoms in total. The summed E-state index contributed by atoms with van der Waals surface area (Å²) in [6.45, 7) is 0.372. The number of thioether (sulfide) groups is 1. The van der Waals surface area contributed by atoms with Crippen molar-refractivity contribution in [3.05, 3.63) is 0 Å². The number of nitrogens with one attached hydrogen (secondary N) is 1. The van der Waals surface area contributed by atoms with Crippen molar-refractivity contribution in [3.63, 3.8) is 0 Å². The third kappa shape index (κ3) is 4.25. The average molecular weight is 298 g/mol. The fourth-order valence-corrected chi connectivity index (χ4v) is 4.06. The average Bonchev–Trinajstić information content (AvgIpc) is 2.82. The summed E-state index contributed by atoms with van der Waals surface area (Å²) >= 11 is 1.99. The molecule has 6 heteroatoms. The van der Waals surface area contributed by atoms with Gasteiger partial charge in [0.1, 0.15) is 6.10 Å². The molecule has 1 saturated heterocycles. The Morgan fingerprint density at radius 3 is 2.39 bits per heavy atom. The number of halogens is 1. The molecule has 0 amide bonds. The molecule has 0 spiro atoms. The van der Waals surface area contributed by atoms with Gasteiger partial charge in [0.15, 0.2) is 0 Å². The number of β-amino-alcohol motifs (C(OH)–C–C–N with tert-alkyl or cyclic N) is 1. The van der Waals surface area contributed by atoms with Crippen molar-refractivity contribution in [1.82, 2.24) is 5.32 Å². The maximum Gasteiger partial charge on any atom is 0.108 e. The summed E-state index contributed by atoms with van der Waals surface area (Å²) in [5.41, 5.74) is 0. The van der Waals surface area contributed by atoms with Crippen molar-refractivity contribution < 1.29 is 15.3 Å². The zero-order valence-electron chi connectivity index (χ0n) is 10.5. The lowest BCUT2D eigenvalue weighted by atomic mass is 9.94. The zero-order valence-corrected chi connectivity index (χ0v) is 12.1. The summed E-state index contributed by atoms with van der Waals surface area (Å²) in [6.07, 6.45) is 3.52. The molecule has 0 aromatic heterocycles. The lowest BCUT2D eigenvalue weighted by Gasteiger charge is -2.36. The predicted octanol–water partition coefficient (Wildman–Crippen LogP) is 0.529. The largest absolute Gasteiger partial charge is 0.389 e. The number of hydrogen-bond acceptors (Lipinski definition) is 5. The molecule has 1 saturated carbocycles. The summed E-state index contributed by atoms with van der Waals surface area (Å²) in [4.78, 5) is 0. The van der Waals surface area contributed by atoms with Crippen molar-refractivity contribution in [3.8, 4) is 0 Å². The van der Waals surface area contributed by atoms with Gasteiger partial charge in [-0.15, -0.1) is 12.4 Å². The second-order valence-electron chi connectivity index (χ2n) is 5.13. The smallest absolute Gasteiger partial charge is 0.108 e. The Kier molecular flexibility index (Phi) is 7.28. The standard InChI is InChI=1S/C12H23NO3S.ClH/c14-10-7-13-9(11(15)12(10)16)5-6-17-8-3-1-2-4-8;/h8-16H,1-7H2;1H/t9-,10-,11+,12+;/m1./s1. The molecule has 2 rings (SSSR count). The molecular formula is C12H24ClNO3S. The molecule has 0 aromatic carbocycles. The highest BCUT2D eigenvalue weighted by atomic mass is 35.5. The highest BCUT2D eigenvalue weighted by molar-refractivity contribution is 7.99. The first-order valence-electron chi connectivity index (χ1n) is 6.57. The molecule has 0 unspecified atom stereocenters. The minimum Gasteiger partial charge on any atom is -0.389 e. The van der Waals surface area contributed by atoms with Crippen LogP contribution in [0.25, 0.3) is 0 Å². The molecule has 0 radical (unpaired) electrons. The second kappa shape index (κ2) is 7.92. The summed E-state index contributed by atoms with van der Waals surface area (Å²) in [7, 11) is 0. The Morgan fingerprint density at radius 2 is 1.72 bits per heavy atom. The molecule has 2 fully saturated rings. The zero-order chi connectivity index (χ0) is 12.3. The minimum absolute atomic E-state index is 0. The van der Waals surface area contributed by atoms with Gasteiger partial charge >= 0.3 is 0 Å². The van der Waals surface area contributed by atoms with E-state index in [0.717, 1.165) is 17.4 Å². The van der Waals surface area contributed by atoms with Crippen molar-refractivity contribution >= 4 is 24.2 Å². The Balaban J connectivity index is 0.00000162. The topological polar surface area (TPSA) is 72.7 Å². The first-order chi connectivity index (χ1) is 8.18. The highest BCUT2D eigenvalue weighted by Crippen LogP contribution is 2.30. The van der Waals surface area contributed by atoms with Crippen LogP contribution in [0.5, 0.6) is 0 Å². The van der Waals surface area contributed by atoms with Crippen LogP contribution >= 0.6 is 24.2 Å². The fraction of sp³-hybridized carbons (Fsp3) is 1.00. The molecule has 0 bridgehead atoms. The molecule has 4 atom stereocenters. The quantitative estimate of drug-likeness (QED) is 0.609. The van der Waals surface area contributed by atoms with E-state index in [-0.39, 0.29) is 18.4 Å². The third-order valence-electron chi connectivity index (χ3n) is 3.83. The molecule has 1 heterocycles. The van der Waals surface area contributed by atoms with Crippen LogP contribution < -0.4 is 5.32 Å². The number of aliphatic hydroxyl groups is 3. The van der Waals surface area contributed by atoms with Crippen molar-refractivity contribution in [2.24, 2.45) is 0 Å². The molecule has 1 aliphatic carbocycles. The van der Waals surface area contributed by atoms with E-state index >= 15 is 0 Å². The van der Waals surface area contributed by atoms with E-state index in [1.807, 2.05) is 11.8 Å². The van der Waals surface area contributed by atoms with E-state index in [2.05, 4.69) is 5.32 Å². The number of rotatable bonds is 4. The van der Waals surface area contributed by atoms with Crippen LogP contribution in [0.15, 0.2) is 0 Å². The second-order valence-corrected chi connectivity index (χ2v) is 6.54. The summed E-state index contributed by atoms with van der Waals surface area (Å²) < 4.78 is 0. The van der Waals surface area contributed by atoms with Gasteiger partial charge in [-0.05, 0) is 25.0 Å². The molecule has 1 aliphatic heterocycles. The monoisotopic (exact) mass is 297 g/mol. The first kappa shape index (κ1) is 16.5. The summed E-state index contributed by atoms with van der Waals surface area (Å²) in [5, 5.41) is 32.7. The van der Waals surface area contributed by atoms with E-state index in [4.69, 9.17) is 0 Å². The molecular weight excluding hydrogens is 274 g/mol. The van der Waals surface area contributed by atoms with Crippen molar-refractivity contribution in [1.29, 1.82) is 0 Å². The Bertz CT molecular complexity index is 241. The van der Waals surface area contributed by atoms with Gasteiger partial charge in [-0.2, -0.15) is 11.8 Å². The lowest BCUT2D eigenvalue weighted by Crippen LogP contribution is -2.59. The predicted molar refractivity (Wildman–Crippen MR) is 76.4 cm³/mol. The molecule has 2 aliphatic rings. The van der Waals surface area contributed by atoms with E-state index in [0.29, 0.717) is 6.54 Å². The Labute approximate surface area is 119 Å².